The first kappa shape index (κ1) is 14.9. The van der Waals surface area contributed by atoms with Crippen molar-refractivity contribution in [2.45, 2.75) is 19.9 Å². The van der Waals surface area contributed by atoms with Crippen LogP contribution in [-0.4, -0.2) is 22.0 Å². The van der Waals surface area contributed by atoms with Crippen LogP contribution >= 0.6 is 0 Å². The van der Waals surface area contributed by atoms with E-state index in [1.165, 1.54) is 0 Å². The third-order valence-electron chi connectivity index (χ3n) is 3.11. The van der Waals surface area contributed by atoms with E-state index in [0.717, 1.165) is 11.0 Å². The Morgan fingerprint density at radius 1 is 1.43 bits per heavy atom. The molecule has 0 aliphatic heterocycles. The normalized spacial score (nSPS) is 10.6. The average Bonchev–Trinajstić information content (AvgIpc) is 2.46. The van der Waals surface area contributed by atoms with Gasteiger partial charge in [-0.15, -0.1) is 0 Å². The molecule has 0 bridgehead atoms. The Bertz CT molecular complexity index is 752. The number of fused-ring (bicyclic) bond motifs is 1. The maximum Gasteiger partial charge on any atom is 0.279 e. The minimum Gasteiger partial charge on any atom is -0.350 e. The Kier molecular flexibility index (Phi) is 4.47. The van der Waals surface area contributed by atoms with Crippen LogP contribution in [0.3, 0.4) is 0 Å². The van der Waals surface area contributed by atoms with Gasteiger partial charge in [-0.25, -0.2) is 9.37 Å². The molecule has 0 unspecified atom stereocenters. The number of amides is 1. The summed E-state index contributed by atoms with van der Waals surface area (Å²) >= 11 is 0. The standard InChI is InChI=1S/C15H16FN3O2/c1-10(16)14(20)17-8-5-9-19-13-7-4-3-6-12(13)18-11(2)15(19)21/h3-4,6-7H,1,5,8-9H2,2H3,(H,17,20). The summed E-state index contributed by atoms with van der Waals surface area (Å²) in [5.74, 6) is -1.84. The Labute approximate surface area is 121 Å². The summed E-state index contributed by atoms with van der Waals surface area (Å²) < 4.78 is 14.1. The molecule has 0 aliphatic rings. The van der Waals surface area contributed by atoms with Crippen LogP contribution in [0, 0.1) is 6.92 Å². The minimum atomic E-state index is -1.02. The van der Waals surface area contributed by atoms with Crippen LogP contribution in [0.5, 0.6) is 0 Å². The van der Waals surface area contributed by atoms with E-state index in [2.05, 4.69) is 16.9 Å². The molecule has 0 saturated heterocycles. The lowest BCUT2D eigenvalue weighted by atomic mass is 10.2. The van der Waals surface area contributed by atoms with Crippen molar-refractivity contribution in [1.82, 2.24) is 14.9 Å². The number of hydrogen-bond donors (Lipinski definition) is 1. The zero-order valence-electron chi connectivity index (χ0n) is 11.7. The van der Waals surface area contributed by atoms with Gasteiger partial charge in [0.05, 0.1) is 11.0 Å². The molecule has 0 aliphatic carbocycles. The van der Waals surface area contributed by atoms with Gasteiger partial charge in [-0.3, -0.25) is 9.59 Å². The summed E-state index contributed by atoms with van der Waals surface area (Å²) in [5, 5.41) is 2.39. The number of carbonyl (C=O) groups is 1. The molecule has 5 nitrogen and oxygen atoms in total. The smallest absolute Gasteiger partial charge is 0.279 e. The van der Waals surface area contributed by atoms with E-state index in [9.17, 15) is 14.0 Å². The van der Waals surface area contributed by atoms with Gasteiger partial charge >= 0.3 is 0 Å². The molecular weight excluding hydrogens is 273 g/mol. The van der Waals surface area contributed by atoms with Crippen LogP contribution in [0.1, 0.15) is 12.1 Å². The predicted octanol–water partition coefficient (Wildman–Crippen LogP) is 1.69. The van der Waals surface area contributed by atoms with Crippen molar-refractivity contribution in [3.8, 4) is 0 Å². The van der Waals surface area contributed by atoms with Crippen LogP contribution in [0.4, 0.5) is 4.39 Å². The van der Waals surface area contributed by atoms with Gasteiger partial charge in [0.25, 0.3) is 11.5 Å². The topological polar surface area (TPSA) is 64.0 Å². The molecule has 2 rings (SSSR count). The lowest BCUT2D eigenvalue weighted by molar-refractivity contribution is -0.118. The molecule has 2 aromatic rings. The van der Waals surface area contributed by atoms with Crippen molar-refractivity contribution in [3.63, 3.8) is 0 Å². The SMILES string of the molecule is C=C(F)C(=O)NCCCn1c(=O)c(C)nc2ccccc21. The molecule has 0 saturated carbocycles. The second-order valence-corrected chi connectivity index (χ2v) is 4.66. The van der Waals surface area contributed by atoms with Gasteiger partial charge in [0.2, 0.25) is 0 Å². The predicted molar refractivity (Wildman–Crippen MR) is 78.6 cm³/mol. The lowest BCUT2D eigenvalue weighted by Gasteiger charge is -2.11. The number of nitrogens with zero attached hydrogens (tertiary/aromatic N) is 2. The average molecular weight is 289 g/mol. The summed E-state index contributed by atoms with van der Waals surface area (Å²) in [6.45, 7) is 5.27. The van der Waals surface area contributed by atoms with Crippen LogP contribution in [0.15, 0.2) is 41.5 Å². The molecular formula is C15H16FN3O2. The molecule has 1 aromatic heterocycles. The number of para-hydroxylation sites is 2. The number of rotatable bonds is 5. The first-order valence-electron chi connectivity index (χ1n) is 6.59. The fourth-order valence-electron chi connectivity index (χ4n) is 2.08. The van der Waals surface area contributed by atoms with Crippen LogP contribution in [0.25, 0.3) is 11.0 Å². The van der Waals surface area contributed by atoms with Gasteiger partial charge in [-0.2, -0.15) is 0 Å². The van der Waals surface area contributed by atoms with Gasteiger partial charge in [0.15, 0.2) is 5.83 Å². The maximum atomic E-state index is 12.5. The number of hydrogen-bond acceptors (Lipinski definition) is 3. The molecule has 0 fully saturated rings. The summed E-state index contributed by atoms with van der Waals surface area (Å²) in [6.07, 6.45) is 0.506. The highest BCUT2D eigenvalue weighted by Crippen LogP contribution is 2.10. The third kappa shape index (κ3) is 3.34. The van der Waals surface area contributed by atoms with Gasteiger partial charge in [-0.1, -0.05) is 18.7 Å². The first-order valence-corrected chi connectivity index (χ1v) is 6.59. The Balaban J connectivity index is 2.15. The molecule has 6 heteroatoms. The van der Waals surface area contributed by atoms with Crippen molar-refractivity contribution < 1.29 is 9.18 Å². The van der Waals surface area contributed by atoms with Gasteiger partial charge in [0, 0.05) is 13.1 Å². The van der Waals surface area contributed by atoms with Crippen molar-refractivity contribution in [3.05, 3.63) is 52.7 Å². The second-order valence-electron chi connectivity index (χ2n) is 4.66. The highest BCUT2D eigenvalue weighted by Gasteiger charge is 2.08. The van der Waals surface area contributed by atoms with Crippen molar-refractivity contribution >= 4 is 16.9 Å². The third-order valence-corrected chi connectivity index (χ3v) is 3.11. The fourth-order valence-corrected chi connectivity index (χ4v) is 2.08. The molecule has 1 N–H and O–H groups in total. The van der Waals surface area contributed by atoms with E-state index in [1.54, 1.807) is 11.5 Å². The quantitative estimate of drug-likeness (QED) is 0.673. The molecule has 110 valence electrons. The Hall–Kier alpha value is -2.50. The zero-order chi connectivity index (χ0) is 15.4. The summed E-state index contributed by atoms with van der Waals surface area (Å²) in [4.78, 5) is 27.4. The molecule has 1 heterocycles. The van der Waals surface area contributed by atoms with Crippen molar-refractivity contribution in [2.75, 3.05) is 6.54 Å². The summed E-state index contributed by atoms with van der Waals surface area (Å²) in [5.41, 5.74) is 1.76. The molecule has 0 radical (unpaired) electrons. The fraction of sp³-hybridized carbons (Fsp3) is 0.267. The highest BCUT2D eigenvalue weighted by molar-refractivity contribution is 5.90. The van der Waals surface area contributed by atoms with E-state index in [4.69, 9.17) is 0 Å². The molecule has 21 heavy (non-hydrogen) atoms. The number of carbonyl (C=O) groups excluding carboxylic acids is 1. The van der Waals surface area contributed by atoms with Crippen LogP contribution < -0.4 is 10.9 Å². The number of aryl methyl sites for hydroxylation is 2. The number of nitrogens with one attached hydrogen (secondary N) is 1. The minimum absolute atomic E-state index is 0.157. The van der Waals surface area contributed by atoms with Gasteiger partial charge in [-0.05, 0) is 25.5 Å². The Morgan fingerprint density at radius 3 is 2.86 bits per heavy atom. The second kappa shape index (κ2) is 6.30. The zero-order valence-corrected chi connectivity index (χ0v) is 11.7. The van der Waals surface area contributed by atoms with Gasteiger partial charge < -0.3 is 9.88 Å². The largest absolute Gasteiger partial charge is 0.350 e. The van der Waals surface area contributed by atoms with E-state index in [-0.39, 0.29) is 12.1 Å². The molecule has 1 amide bonds. The van der Waals surface area contributed by atoms with E-state index in [1.807, 2.05) is 24.3 Å². The van der Waals surface area contributed by atoms with Crippen LogP contribution in [0.2, 0.25) is 0 Å². The van der Waals surface area contributed by atoms with E-state index < -0.39 is 11.7 Å². The van der Waals surface area contributed by atoms with Gasteiger partial charge in [0.1, 0.15) is 5.69 Å². The highest BCUT2D eigenvalue weighted by atomic mass is 19.1. The molecule has 1 aromatic carbocycles. The summed E-state index contributed by atoms with van der Waals surface area (Å²) in [7, 11) is 0. The number of aromatic nitrogens is 2. The maximum absolute atomic E-state index is 12.5. The first-order chi connectivity index (χ1) is 10.0. The van der Waals surface area contributed by atoms with Crippen LogP contribution in [-0.2, 0) is 11.3 Å². The monoisotopic (exact) mass is 289 g/mol. The van der Waals surface area contributed by atoms with Crippen molar-refractivity contribution in [1.29, 1.82) is 0 Å². The lowest BCUT2D eigenvalue weighted by Crippen LogP contribution is -2.28. The molecule has 0 atom stereocenters. The number of halogens is 1. The summed E-state index contributed by atoms with van der Waals surface area (Å²) in [6, 6.07) is 7.36. The van der Waals surface area contributed by atoms with Crippen molar-refractivity contribution in [2.24, 2.45) is 0 Å². The number of benzene rings is 1. The van der Waals surface area contributed by atoms with E-state index in [0.29, 0.717) is 18.7 Å². The Morgan fingerprint density at radius 2 is 2.14 bits per heavy atom. The molecule has 0 spiro atoms. The van der Waals surface area contributed by atoms with E-state index >= 15 is 0 Å².